The summed E-state index contributed by atoms with van der Waals surface area (Å²) in [4.78, 5) is 27.5. The summed E-state index contributed by atoms with van der Waals surface area (Å²) < 4.78 is 44.3. The summed E-state index contributed by atoms with van der Waals surface area (Å²) >= 11 is 1.49. The van der Waals surface area contributed by atoms with Gasteiger partial charge in [0.25, 0.3) is 5.91 Å². The first-order chi connectivity index (χ1) is 18.7. The van der Waals surface area contributed by atoms with Crippen molar-refractivity contribution >= 4 is 40.3 Å². The topological polar surface area (TPSA) is 75.6 Å². The van der Waals surface area contributed by atoms with E-state index in [-0.39, 0.29) is 11.8 Å². The van der Waals surface area contributed by atoms with Crippen LogP contribution in [0.1, 0.15) is 28.8 Å². The van der Waals surface area contributed by atoms with Crippen LogP contribution >= 0.6 is 11.8 Å². The maximum absolute atomic E-state index is 12.8. The van der Waals surface area contributed by atoms with Crippen LogP contribution in [0.3, 0.4) is 0 Å². The van der Waals surface area contributed by atoms with Crippen LogP contribution < -0.4 is 10.2 Å². The van der Waals surface area contributed by atoms with Gasteiger partial charge in [0.15, 0.2) is 11.3 Å². The number of oxazole rings is 1. The van der Waals surface area contributed by atoms with Gasteiger partial charge < -0.3 is 14.6 Å². The van der Waals surface area contributed by atoms with Gasteiger partial charge in [0.05, 0.1) is 12.1 Å². The number of hydrogen-bond acceptors (Lipinski definition) is 6. The van der Waals surface area contributed by atoms with E-state index in [2.05, 4.69) is 20.1 Å². The maximum Gasteiger partial charge on any atom is 0.417 e. The maximum atomic E-state index is 12.8. The van der Waals surface area contributed by atoms with Crippen molar-refractivity contribution in [3.8, 4) is 11.5 Å². The molecular weight excluding hydrogens is 527 g/mol. The quantitative estimate of drug-likeness (QED) is 0.209. The molecule has 3 heterocycles. The van der Waals surface area contributed by atoms with Gasteiger partial charge in [-0.25, -0.2) is 14.8 Å². The van der Waals surface area contributed by atoms with Gasteiger partial charge in [-0.05, 0) is 73.5 Å². The van der Waals surface area contributed by atoms with E-state index in [9.17, 15) is 18.0 Å². The molecule has 7 nitrogen and oxygen atoms in total. The van der Waals surface area contributed by atoms with E-state index >= 15 is 0 Å². The number of halogens is 3. The zero-order chi connectivity index (χ0) is 27.6. The Hall–Kier alpha value is -4.04. The molecule has 1 fully saturated rings. The largest absolute Gasteiger partial charge is 0.435 e. The fourth-order valence-electron chi connectivity index (χ4n) is 4.54. The van der Waals surface area contributed by atoms with E-state index in [0.717, 1.165) is 35.6 Å². The molecule has 4 aromatic rings. The van der Waals surface area contributed by atoms with Gasteiger partial charge in [0.2, 0.25) is 5.89 Å². The monoisotopic (exact) mass is 551 g/mol. The van der Waals surface area contributed by atoms with Crippen molar-refractivity contribution in [1.29, 1.82) is 0 Å². The Morgan fingerprint density at radius 3 is 2.54 bits per heavy atom. The average Bonchev–Trinajstić information content (AvgIpc) is 3.39. The fraction of sp³-hybridized carbons (Fsp3) is 0.286. The molecule has 2 aromatic heterocycles. The van der Waals surface area contributed by atoms with Crippen molar-refractivity contribution in [2.24, 2.45) is 5.92 Å². The van der Waals surface area contributed by atoms with Gasteiger partial charge in [-0.3, -0.25) is 4.79 Å². The first kappa shape index (κ1) is 26.6. The Morgan fingerprint density at radius 2 is 1.92 bits per heavy atom. The molecule has 0 spiro atoms. The Kier molecular flexibility index (Phi) is 7.48. The molecule has 1 aliphatic rings. The molecule has 11 heteroatoms. The van der Waals surface area contributed by atoms with E-state index in [0.29, 0.717) is 53.7 Å². The summed E-state index contributed by atoms with van der Waals surface area (Å²) in [6.07, 6.45) is -0.0226. The molecule has 39 heavy (non-hydrogen) atoms. The molecular formula is C28H24F3N5O2S. The summed E-state index contributed by atoms with van der Waals surface area (Å²) in [7, 11) is 0. The highest BCUT2D eigenvalue weighted by Gasteiger charge is 2.31. The SMILES string of the molecule is [C-]#[N+]c1cc(SC)c2oc(-c3ccc(C(=O)NCC4CCN(c5ccc(C(F)(F)F)cn5)CC4)cc3)nc2c1. The third-order valence-electron chi connectivity index (χ3n) is 6.75. The molecule has 2 aromatic carbocycles. The first-order valence-electron chi connectivity index (χ1n) is 12.3. The molecule has 0 atom stereocenters. The summed E-state index contributed by atoms with van der Waals surface area (Å²) in [5, 5.41) is 2.99. The number of anilines is 1. The number of fused-ring (bicyclic) bond motifs is 1. The van der Waals surface area contributed by atoms with E-state index in [1.807, 2.05) is 11.2 Å². The molecule has 0 bridgehead atoms. The van der Waals surface area contributed by atoms with Gasteiger partial charge in [0.1, 0.15) is 11.3 Å². The lowest BCUT2D eigenvalue weighted by Crippen LogP contribution is -2.39. The normalized spacial score (nSPS) is 14.4. The minimum atomic E-state index is -4.40. The summed E-state index contributed by atoms with van der Waals surface area (Å²) in [6, 6.07) is 12.9. The highest BCUT2D eigenvalue weighted by Crippen LogP contribution is 2.35. The Bertz CT molecular complexity index is 1520. The molecule has 0 aliphatic carbocycles. The van der Waals surface area contributed by atoms with Crippen LogP contribution in [-0.4, -0.2) is 41.8 Å². The second kappa shape index (κ2) is 11.0. The van der Waals surface area contributed by atoms with E-state index in [1.54, 1.807) is 36.4 Å². The second-order valence-electron chi connectivity index (χ2n) is 9.25. The molecule has 200 valence electrons. The number of piperidine rings is 1. The standard InChI is InChI=1S/C28H24F3N5O2S/c1-32-21-13-22-25(23(14-21)39-2)38-27(35-22)19-5-3-18(4-6-19)26(37)34-15-17-9-11-36(12-10-17)24-8-7-20(16-33-24)28(29,30)31/h3-8,13-14,16-17H,9-12,15H2,2H3,(H,34,37). The fourth-order valence-corrected chi connectivity index (χ4v) is 5.11. The number of thioether (sulfide) groups is 1. The van der Waals surface area contributed by atoms with Crippen LogP contribution in [0, 0.1) is 12.5 Å². The predicted molar refractivity (Wildman–Crippen MR) is 144 cm³/mol. The zero-order valence-electron chi connectivity index (χ0n) is 21.0. The molecule has 0 saturated carbocycles. The van der Waals surface area contributed by atoms with Crippen molar-refractivity contribution < 1.29 is 22.4 Å². The number of aromatic nitrogens is 2. The lowest BCUT2D eigenvalue weighted by Gasteiger charge is -2.33. The van der Waals surface area contributed by atoms with Gasteiger partial charge in [0, 0.05) is 41.9 Å². The highest BCUT2D eigenvalue weighted by molar-refractivity contribution is 7.98. The lowest BCUT2D eigenvalue weighted by molar-refractivity contribution is -0.137. The van der Waals surface area contributed by atoms with E-state index < -0.39 is 11.7 Å². The number of hydrogen-bond donors (Lipinski definition) is 1. The molecule has 0 radical (unpaired) electrons. The molecule has 1 aliphatic heterocycles. The van der Waals surface area contributed by atoms with E-state index in [4.69, 9.17) is 11.0 Å². The van der Waals surface area contributed by atoms with Crippen molar-refractivity contribution in [1.82, 2.24) is 15.3 Å². The molecule has 1 saturated heterocycles. The number of nitrogens with zero attached hydrogens (tertiary/aromatic N) is 4. The summed E-state index contributed by atoms with van der Waals surface area (Å²) in [5.41, 5.74) is 2.23. The Balaban J connectivity index is 1.15. The molecule has 1 N–H and O–H groups in total. The van der Waals surface area contributed by atoms with Gasteiger partial charge in [-0.2, -0.15) is 13.2 Å². The van der Waals surface area contributed by atoms with Crippen LogP contribution in [0.25, 0.3) is 27.4 Å². The van der Waals surface area contributed by atoms with Crippen LogP contribution in [0.15, 0.2) is 64.0 Å². The third kappa shape index (κ3) is 5.86. The van der Waals surface area contributed by atoms with Crippen molar-refractivity contribution in [2.45, 2.75) is 23.9 Å². The van der Waals surface area contributed by atoms with Crippen molar-refractivity contribution in [3.63, 3.8) is 0 Å². The zero-order valence-corrected chi connectivity index (χ0v) is 21.8. The number of amides is 1. The Labute approximate surface area is 227 Å². The number of nitrogens with one attached hydrogen (secondary N) is 1. The second-order valence-corrected chi connectivity index (χ2v) is 10.1. The van der Waals surface area contributed by atoms with Crippen molar-refractivity contribution in [2.75, 3.05) is 30.8 Å². The minimum Gasteiger partial charge on any atom is -0.435 e. The van der Waals surface area contributed by atoms with Gasteiger partial charge in [-0.1, -0.05) is 0 Å². The van der Waals surface area contributed by atoms with Crippen LogP contribution in [-0.2, 0) is 6.18 Å². The van der Waals surface area contributed by atoms with Crippen LogP contribution in [0.5, 0.6) is 0 Å². The third-order valence-corrected chi connectivity index (χ3v) is 7.49. The first-order valence-corrected chi connectivity index (χ1v) is 13.5. The van der Waals surface area contributed by atoms with Crippen molar-refractivity contribution in [3.05, 3.63) is 77.3 Å². The number of pyridine rings is 1. The highest BCUT2D eigenvalue weighted by atomic mass is 32.2. The predicted octanol–water partition coefficient (Wildman–Crippen LogP) is 6.83. The number of alkyl halides is 3. The number of benzene rings is 2. The smallest absolute Gasteiger partial charge is 0.417 e. The molecule has 1 amide bonds. The Morgan fingerprint density at radius 1 is 1.18 bits per heavy atom. The summed E-state index contributed by atoms with van der Waals surface area (Å²) in [5.74, 6) is 1.03. The number of rotatable bonds is 6. The summed E-state index contributed by atoms with van der Waals surface area (Å²) in [6.45, 7) is 9.11. The lowest BCUT2D eigenvalue weighted by atomic mass is 9.96. The number of carbonyl (C=O) groups is 1. The number of carbonyl (C=O) groups excluding carboxylic acids is 1. The van der Waals surface area contributed by atoms with E-state index in [1.165, 1.54) is 17.8 Å². The van der Waals surface area contributed by atoms with Crippen LogP contribution in [0.4, 0.5) is 24.7 Å². The minimum absolute atomic E-state index is 0.183. The average molecular weight is 552 g/mol. The van der Waals surface area contributed by atoms with Gasteiger partial charge in [-0.15, -0.1) is 11.8 Å². The molecule has 5 rings (SSSR count). The van der Waals surface area contributed by atoms with Gasteiger partial charge >= 0.3 is 6.18 Å². The van der Waals surface area contributed by atoms with Crippen LogP contribution in [0.2, 0.25) is 0 Å². The molecule has 0 unspecified atom stereocenters.